The summed E-state index contributed by atoms with van der Waals surface area (Å²) in [5, 5.41) is 0. The number of fused-ring (bicyclic) bond motifs is 1. The molecule has 0 N–H and O–H groups in total. The fourth-order valence-corrected chi connectivity index (χ4v) is 5.37. The van der Waals surface area contributed by atoms with Crippen molar-refractivity contribution in [1.82, 2.24) is 0 Å². The lowest BCUT2D eigenvalue weighted by molar-refractivity contribution is -0.139. The maximum atomic E-state index is 13.1. The number of nitrogens with zero attached hydrogens (tertiary/aromatic N) is 2. The summed E-state index contributed by atoms with van der Waals surface area (Å²) in [5.41, 5.74) is 3.04. The number of carbonyl (C=O) groups is 4. The Balaban J connectivity index is 1.28. The maximum absolute atomic E-state index is 13.1. The molecule has 7 nitrogen and oxygen atoms in total. The van der Waals surface area contributed by atoms with Crippen molar-refractivity contribution in [3.05, 3.63) is 65.7 Å². The summed E-state index contributed by atoms with van der Waals surface area (Å²) in [6.45, 7) is 5.99. The normalized spacial score (nSPS) is 25.9. The minimum absolute atomic E-state index is 0.0179. The Hall–Kier alpha value is -3.74. The van der Waals surface area contributed by atoms with Crippen LogP contribution in [0.25, 0.3) is 0 Å². The van der Waals surface area contributed by atoms with Gasteiger partial charge in [0.05, 0.1) is 23.4 Å². The van der Waals surface area contributed by atoms with Crippen LogP contribution in [0, 0.1) is 37.5 Å². The number of hydrogen-bond acceptors (Lipinski definition) is 5. The van der Waals surface area contributed by atoms with Crippen molar-refractivity contribution in [3.8, 4) is 5.75 Å². The smallest absolute Gasteiger partial charge is 0.316 e. The molecule has 4 atom stereocenters. The molecule has 3 aliphatic rings. The first kappa shape index (κ1) is 23.0. The molecule has 0 radical (unpaired) electrons. The summed E-state index contributed by atoms with van der Waals surface area (Å²) in [4.78, 5) is 54.4. The lowest BCUT2D eigenvalue weighted by Gasteiger charge is -2.22. The molecule has 2 heterocycles. The van der Waals surface area contributed by atoms with E-state index in [1.807, 2.05) is 50.3 Å². The van der Waals surface area contributed by atoms with Gasteiger partial charge in [-0.1, -0.05) is 36.8 Å². The predicted octanol–water partition coefficient (Wildman–Crippen LogP) is 3.96. The topological polar surface area (TPSA) is 84.0 Å². The van der Waals surface area contributed by atoms with Gasteiger partial charge >= 0.3 is 5.97 Å². The Morgan fingerprint density at radius 1 is 1.00 bits per heavy atom. The van der Waals surface area contributed by atoms with Crippen molar-refractivity contribution in [1.29, 1.82) is 0 Å². The number of imide groups is 1. The maximum Gasteiger partial charge on any atom is 0.316 e. The van der Waals surface area contributed by atoms with E-state index >= 15 is 0 Å². The quantitative estimate of drug-likeness (QED) is 0.291. The molecule has 5 rings (SSSR count). The molecule has 2 saturated heterocycles. The SMILES string of the molecule is Cc1ccc(N2C[C@@H](C(=O)Oc3ccc(N4C(=O)[C@H]5[C@H](C)C=CC[C@H]5C4=O)c(C)c3)CC2=O)cc1. The Kier molecular flexibility index (Phi) is 5.79. The highest BCUT2D eigenvalue weighted by Crippen LogP contribution is 2.41. The Morgan fingerprint density at radius 2 is 1.74 bits per heavy atom. The molecule has 3 amide bonds. The van der Waals surface area contributed by atoms with E-state index in [4.69, 9.17) is 4.74 Å². The largest absolute Gasteiger partial charge is 0.426 e. The summed E-state index contributed by atoms with van der Waals surface area (Å²) >= 11 is 0. The number of esters is 1. The van der Waals surface area contributed by atoms with E-state index in [2.05, 4.69) is 0 Å². The van der Waals surface area contributed by atoms with E-state index < -0.39 is 11.9 Å². The zero-order valence-electron chi connectivity index (χ0n) is 20.1. The van der Waals surface area contributed by atoms with Crippen LogP contribution < -0.4 is 14.5 Å². The summed E-state index contributed by atoms with van der Waals surface area (Å²) in [7, 11) is 0. The van der Waals surface area contributed by atoms with Gasteiger partial charge in [-0.3, -0.25) is 19.2 Å². The summed E-state index contributed by atoms with van der Waals surface area (Å²) < 4.78 is 5.60. The first-order chi connectivity index (χ1) is 16.7. The minimum Gasteiger partial charge on any atom is -0.426 e. The third kappa shape index (κ3) is 4.05. The van der Waals surface area contributed by atoms with Crippen molar-refractivity contribution in [3.63, 3.8) is 0 Å². The van der Waals surface area contributed by atoms with E-state index in [1.165, 1.54) is 4.90 Å². The highest BCUT2D eigenvalue weighted by Gasteiger charge is 2.50. The second-order valence-electron chi connectivity index (χ2n) is 9.78. The van der Waals surface area contributed by atoms with Crippen LogP contribution in [0.5, 0.6) is 5.75 Å². The molecule has 2 aliphatic heterocycles. The Labute approximate surface area is 204 Å². The fourth-order valence-electron chi connectivity index (χ4n) is 5.37. The number of carbonyl (C=O) groups excluding carboxylic acids is 4. The molecule has 7 heteroatoms. The van der Waals surface area contributed by atoms with Gasteiger partial charge in [-0.05, 0) is 62.1 Å². The number of ether oxygens (including phenoxy) is 1. The predicted molar refractivity (Wildman–Crippen MR) is 131 cm³/mol. The zero-order valence-corrected chi connectivity index (χ0v) is 20.1. The lowest BCUT2D eigenvalue weighted by atomic mass is 9.78. The highest BCUT2D eigenvalue weighted by molar-refractivity contribution is 6.22. The van der Waals surface area contributed by atoms with Crippen LogP contribution in [0.4, 0.5) is 11.4 Å². The molecular formula is C28H28N2O5. The second-order valence-corrected chi connectivity index (χ2v) is 9.78. The first-order valence-corrected chi connectivity index (χ1v) is 12.0. The van der Waals surface area contributed by atoms with Crippen LogP contribution in [0.1, 0.15) is 30.9 Å². The van der Waals surface area contributed by atoms with E-state index in [0.717, 1.165) is 11.3 Å². The number of aryl methyl sites for hydroxylation is 2. The molecule has 35 heavy (non-hydrogen) atoms. The van der Waals surface area contributed by atoms with E-state index in [0.29, 0.717) is 23.4 Å². The first-order valence-electron chi connectivity index (χ1n) is 12.0. The molecule has 0 unspecified atom stereocenters. The van der Waals surface area contributed by atoms with Gasteiger partial charge in [0.2, 0.25) is 17.7 Å². The number of amides is 3. The fraction of sp³-hybridized carbons (Fsp3) is 0.357. The van der Waals surface area contributed by atoms with Gasteiger partial charge in [0.15, 0.2) is 0 Å². The van der Waals surface area contributed by atoms with Gasteiger partial charge in [-0.2, -0.15) is 0 Å². The molecule has 2 aromatic rings. The number of anilines is 2. The summed E-state index contributed by atoms with van der Waals surface area (Å²) in [6.07, 6.45) is 4.64. The third-order valence-electron chi connectivity index (χ3n) is 7.30. The van der Waals surface area contributed by atoms with Crippen LogP contribution in [0.3, 0.4) is 0 Å². The standard InChI is InChI=1S/C28H28N2O5/c1-16-7-9-20(10-8-16)29-15-19(14-24(29)31)28(34)35-21-11-12-23(18(3)13-21)30-26(32)22-6-4-5-17(2)25(22)27(30)33/h4-5,7-13,17,19,22,25H,6,14-15H2,1-3H3/t17-,19+,22-,25+/m1/s1. The van der Waals surface area contributed by atoms with Gasteiger partial charge in [0.25, 0.3) is 0 Å². The molecular weight excluding hydrogens is 444 g/mol. The van der Waals surface area contributed by atoms with E-state index in [-0.39, 0.29) is 48.4 Å². The average molecular weight is 473 g/mol. The number of rotatable bonds is 4. The van der Waals surface area contributed by atoms with Crippen molar-refractivity contribution >= 4 is 35.1 Å². The highest BCUT2D eigenvalue weighted by atomic mass is 16.5. The number of allylic oxidation sites excluding steroid dienone is 2. The number of hydrogen-bond donors (Lipinski definition) is 0. The summed E-state index contributed by atoms with van der Waals surface area (Å²) in [6, 6.07) is 12.5. The second kappa shape index (κ2) is 8.80. The molecule has 0 aromatic heterocycles. The van der Waals surface area contributed by atoms with Gasteiger partial charge < -0.3 is 9.64 Å². The molecule has 0 bridgehead atoms. The van der Waals surface area contributed by atoms with Crippen molar-refractivity contribution in [2.45, 2.75) is 33.6 Å². The minimum atomic E-state index is -0.567. The number of benzene rings is 2. The van der Waals surface area contributed by atoms with Crippen molar-refractivity contribution in [2.75, 3.05) is 16.3 Å². The van der Waals surface area contributed by atoms with E-state index in [1.54, 1.807) is 30.0 Å². The summed E-state index contributed by atoms with van der Waals surface area (Å²) in [5.74, 6) is -1.82. The van der Waals surface area contributed by atoms with Crippen molar-refractivity contribution in [2.24, 2.45) is 23.7 Å². The van der Waals surface area contributed by atoms with E-state index in [9.17, 15) is 19.2 Å². The van der Waals surface area contributed by atoms with Gasteiger partial charge in [-0.25, -0.2) is 4.90 Å². The van der Waals surface area contributed by atoms with Crippen molar-refractivity contribution < 1.29 is 23.9 Å². The molecule has 0 spiro atoms. The molecule has 2 fully saturated rings. The van der Waals surface area contributed by atoms with Crippen LogP contribution in [-0.2, 0) is 19.2 Å². The van der Waals surface area contributed by atoms with Crippen LogP contribution in [0.15, 0.2) is 54.6 Å². The zero-order chi connectivity index (χ0) is 24.9. The Bertz CT molecular complexity index is 1250. The average Bonchev–Trinajstić information content (AvgIpc) is 3.33. The third-order valence-corrected chi connectivity index (χ3v) is 7.30. The monoisotopic (exact) mass is 472 g/mol. The van der Waals surface area contributed by atoms with Gasteiger partial charge in [0, 0.05) is 18.7 Å². The van der Waals surface area contributed by atoms with Gasteiger partial charge in [0.1, 0.15) is 5.75 Å². The molecule has 2 aromatic carbocycles. The van der Waals surface area contributed by atoms with Gasteiger partial charge in [-0.15, -0.1) is 0 Å². The molecule has 0 saturated carbocycles. The van der Waals surface area contributed by atoms with Crippen LogP contribution in [-0.4, -0.2) is 30.2 Å². The molecule has 1 aliphatic carbocycles. The van der Waals surface area contributed by atoms with Crippen LogP contribution in [0.2, 0.25) is 0 Å². The molecule has 180 valence electrons. The Morgan fingerprint density at radius 3 is 2.43 bits per heavy atom. The lowest BCUT2D eigenvalue weighted by Crippen LogP contribution is -2.32. The van der Waals surface area contributed by atoms with Crippen LogP contribution >= 0.6 is 0 Å².